The minimum atomic E-state index is -0.254. The highest BCUT2D eigenvalue weighted by Gasteiger charge is 2.26. The lowest BCUT2D eigenvalue weighted by Gasteiger charge is -2.36. The summed E-state index contributed by atoms with van der Waals surface area (Å²) in [7, 11) is 3.06. The number of carbonyl (C=O) groups is 1. The quantitative estimate of drug-likeness (QED) is 0.366. The van der Waals surface area contributed by atoms with Crippen LogP contribution in [0.5, 0.6) is 17.2 Å². The molecule has 0 N–H and O–H groups in total. The molecule has 3 aromatic carbocycles. The van der Waals surface area contributed by atoms with Crippen LogP contribution in [0.2, 0.25) is 0 Å². The molecule has 0 unspecified atom stereocenters. The fourth-order valence-electron chi connectivity index (χ4n) is 4.87. The zero-order valence-electron chi connectivity index (χ0n) is 21.8. The van der Waals surface area contributed by atoms with E-state index in [9.17, 15) is 9.59 Å². The standard InChI is InChI=1S/C30H31N3O5/c1-4-38-23-12-10-22(11-13-23)33-20-26(24-18-27(36-2)28(37-3)19-25(24)30(33)35)29(34)32-16-14-31(15-17-32)21-8-6-5-7-9-21/h5-13,18-20H,4,14-17H2,1-3H3. The Hall–Kier alpha value is -4.46. The summed E-state index contributed by atoms with van der Waals surface area (Å²) in [4.78, 5) is 31.7. The molecule has 1 aliphatic heterocycles. The number of rotatable bonds is 7. The first-order chi connectivity index (χ1) is 18.5. The van der Waals surface area contributed by atoms with E-state index in [1.807, 2.05) is 54.3 Å². The third-order valence-corrected chi connectivity index (χ3v) is 6.87. The number of amides is 1. The SMILES string of the molecule is CCOc1ccc(-n2cc(C(=O)N3CCN(c4ccccc4)CC3)c3cc(OC)c(OC)cc3c2=O)cc1. The van der Waals surface area contributed by atoms with Crippen LogP contribution in [0.3, 0.4) is 0 Å². The van der Waals surface area contributed by atoms with Crippen LogP contribution in [0.15, 0.2) is 77.7 Å². The van der Waals surface area contributed by atoms with Gasteiger partial charge in [0.2, 0.25) is 0 Å². The highest BCUT2D eigenvalue weighted by molar-refractivity contribution is 6.07. The molecule has 38 heavy (non-hydrogen) atoms. The first kappa shape index (κ1) is 25.2. The molecule has 8 nitrogen and oxygen atoms in total. The minimum absolute atomic E-state index is 0.130. The Bertz CT molecular complexity index is 1490. The van der Waals surface area contributed by atoms with Crippen LogP contribution in [-0.2, 0) is 0 Å². The van der Waals surface area contributed by atoms with Gasteiger partial charge in [0.1, 0.15) is 5.75 Å². The van der Waals surface area contributed by atoms with Crippen LogP contribution in [0.25, 0.3) is 16.5 Å². The molecule has 0 saturated carbocycles. The van der Waals surface area contributed by atoms with Crippen molar-refractivity contribution in [1.29, 1.82) is 0 Å². The van der Waals surface area contributed by atoms with Gasteiger partial charge < -0.3 is 24.0 Å². The molecule has 4 aromatic rings. The third kappa shape index (κ3) is 4.77. The lowest BCUT2D eigenvalue weighted by molar-refractivity contribution is 0.0748. The Balaban J connectivity index is 1.56. The number of methoxy groups -OCH3 is 2. The van der Waals surface area contributed by atoms with Gasteiger partial charge in [0.15, 0.2) is 11.5 Å². The van der Waals surface area contributed by atoms with Gasteiger partial charge in [-0.3, -0.25) is 14.2 Å². The molecule has 0 radical (unpaired) electrons. The number of pyridine rings is 1. The number of fused-ring (bicyclic) bond motifs is 1. The minimum Gasteiger partial charge on any atom is -0.494 e. The molecule has 1 fully saturated rings. The van der Waals surface area contributed by atoms with E-state index in [-0.39, 0.29) is 11.5 Å². The smallest absolute Gasteiger partial charge is 0.263 e. The lowest BCUT2D eigenvalue weighted by atomic mass is 10.0. The van der Waals surface area contributed by atoms with E-state index in [4.69, 9.17) is 14.2 Å². The number of hydrogen-bond donors (Lipinski definition) is 0. The first-order valence-electron chi connectivity index (χ1n) is 12.7. The second-order valence-corrected chi connectivity index (χ2v) is 9.01. The molecule has 2 heterocycles. The molecule has 1 aromatic heterocycles. The van der Waals surface area contributed by atoms with Crippen molar-refractivity contribution in [2.75, 3.05) is 51.9 Å². The Morgan fingerprint density at radius 3 is 2.05 bits per heavy atom. The number of aromatic nitrogens is 1. The third-order valence-electron chi connectivity index (χ3n) is 6.87. The highest BCUT2D eigenvalue weighted by atomic mass is 16.5. The van der Waals surface area contributed by atoms with Crippen molar-refractivity contribution in [3.8, 4) is 22.9 Å². The van der Waals surface area contributed by atoms with Crippen molar-refractivity contribution in [2.24, 2.45) is 0 Å². The molecule has 1 aliphatic rings. The largest absolute Gasteiger partial charge is 0.494 e. The molecular formula is C30H31N3O5. The number of ether oxygens (including phenoxy) is 3. The average Bonchev–Trinajstić information content (AvgIpc) is 2.97. The number of benzene rings is 3. The molecule has 1 saturated heterocycles. The van der Waals surface area contributed by atoms with Crippen molar-refractivity contribution in [3.63, 3.8) is 0 Å². The fourth-order valence-corrected chi connectivity index (χ4v) is 4.87. The van der Waals surface area contributed by atoms with E-state index in [1.54, 1.807) is 18.3 Å². The normalized spacial score (nSPS) is 13.4. The zero-order valence-corrected chi connectivity index (χ0v) is 21.8. The summed E-state index contributed by atoms with van der Waals surface area (Å²) in [5, 5.41) is 0.913. The summed E-state index contributed by atoms with van der Waals surface area (Å²) in [5.74, 6) is 1.47. The molecule has 8 heteroatoms. The van der Waals surface area contributed by atoms with E-state index in [0.29, 0.717) is 59.0 Å². The van der Waals surface area contributed by atoms with E-state index >= 15 is 0 Å². The van der Waals surface area contributed by atoms with Gasteiger partial charge >= 0.3 is 0 Å². The number of piperazine rings is 1. The second kappa shape index (κ2) is 10.9. The van der Waals surface area contributed by atoms with Crippen LogP contribution in [0.4, 0.5) is 5.69 Å². The van der Waals surface area contributed by atoms with Crippen LogP contribution in [-0.4, -0.2) is 62.4 Å². The number of anilines is 1. The number of para-hydroxylation sites is 1. The first-order valence-corrected chi connectivity index (χ1v) is 12.7. The molecule has 0 atom stereocenters. The molecule has 196 valence electrons. The Morgan fingerprint density at radius 2 is 1.45 bits per heavy atom. The molecule has 5 rings (SSSR count). The predicted molar refractivity (Wildman–Crippen MR) is 148 cm³/mol. The van der Waals surface area contributed by atoms with E-state index in [0.717, 1.165) is 18.8 Å². The van der Waals surface area contributed by atoms with Crippen molar-refractivity contribution in [3.05, 3.63) is 88.8 Å². The molecule has 1 amide bonds. The van der Waals surface area contributed by atoms with Gasteiger partial charge in [0.25, 0.3) is 11.5 Å². The summed E-state index contributed by atoms with van der Waals surface area (Å²) in [6, 6.07) is 20.8. The van der Waals surface area contributed by atoms with Gasteiger partial charge in [0, 0.05) is 49.1 Å². The van der Waals surface area contributed by atoms with Crippen LogP contribution < -0.4 is 24.7 Å². The maximum Gasteiger partial charge on any atom is 0.263 e. The summed E-state index contributed by atoms with van der Waals surface area (Å²) in [6.45, 7) is 5.07. The number of nitrogens with zero attached hydrogens (tertiary/aromatic N) is 3. The molecular weight excluding hydrogens is 482 g/mol. The monoisotopic (exact) mass is 513 g/mol. The summed E-state index contributed by atoms with van der Waals surface area (Å²) >= 11 is 0. The Morgan fingerprint density at radius 1 is 0.816 bits per heavy atom. The second-order valence-electron chi connectivity index (χ2n) is 9.01. The van der Waals surface area contributed by atoms with Gasteiger partial charge in [-0.15, -0.1) is 0 Å². The van der Waals surface area contributed by atoms with Crippen molar-refractivity contribution < 1.29 is 19.0 Å². The predicted octanol–water partition coefficient (Wildman–Crippen LogP) is 4.37. The number of carbonyl (C=O) groups excluding carboxylic acids is 1. The van der Waals surface area contributed by atoms with Gasteiger partial charge in [-0.25, -0.2) is 0 Å². The van der Waals surface area contributed by atoms with Crippen molar-refractivity contribution in [2.45, 2.75) is 6.92 Å². The van der Waals surface area contributed by atoms with Crippen molar-refractivity contribution >= 4 is 22.4 Å². The lowest BCUT2D eigenvalue weighted by Crippen LogP contribution is -2.49. The maximum absolute atomic E-state index is 13.9. The average molecular weight is 514 g/mol. The Labute approximate surface area is 221 Å². The van der Waals surface area contributed by atoms with Crippen LogP contribution in [0.1, 0.15) is 17.3 Å². The zero-order chi connectivity index (χ0) is 26.6. The molecule has 0 bridgehead atoms. The maximum atomic E-state index is 13.9. The van der Waals surface area contributed by atoms with E-state index < -0.39 is 0 Å². The highest BCUT2D eigenvalue weighted by Crippen LogP contribution is 2.33. The summed E-state index contributed by atoms with van der Waals surface area (Å²) in [6.07, 6.45) is 1.64. The van der Waals surface area contributed by atoms with Crippen LogP contribution in [0, 0.1) is 0 Å². The Kier molecular flexibility index (Phi) is 7.22. The fraction of sp³-hybridized carbons (Fsp3) is 0.267. The van der Waals surface area contributed by atoms with Gasteiger partial charge in [-0.1, -0.05) is 18.2 Å². The molecule has 0 spiro atoms. The van der Waals surface area contributed by atoms with E-state index in [2.05, 4.69) is 17.0 Å². The van der Waals surface area contributed by atoms with Crippen molar-refractivity contribution in [1.82, 2.24) is 9.47 Å². The van der Waals surface area contributed by atoms with Gasteiger partial charge in [-0.2, -0.15) is 0 Å². The van der Waals surface area contributed by atoms with E-state index in [1.165, 1.54) is 18.8 Å². The summed E-state index contributed by atoms with van der Waals surface area (Å²) < 4.78 is 18.0. The molecule has 0 aliphatic carbocycles. The van der Waals surface area contributed by atoms with Gasteiger partial charge in [0.05, 0.1) is 31.8 Å². The van der Waals surface area contributed by atoms with Crippen LogP contribution >= 0.6 is 0 Å². The summed E-state index contributed by atoms with van der Waals surface area (Å²) in [5.41, 5.74) is 1.96. The van der Waals surface area contributed by atoms with Gasteiger partial charge in [-0.05, 0) is 55.5 Å². The number of hydrogen-bond acceptors (Lipinski definition) is 6. The topological polar surface area (TPSA) is 73.2 Å².